The summed E-state index contributed by atoms with van der Waals surface area (Å²) >= 11 is 1.59. The lowest BCUT2D eigenvalue weighted by Crippen LogP contribution is -2.12. The summed E-state index contributed by atoms with van der Waals surface area (Å²) in [6.07, 6.45) is 0.398. The first kappa shape index (κ1) is 15.3. The average molecular weight is 279 g/mol. The van der Waals surface area contributed by atoms with Crippen LogP contribution in [0.2, 0.25) is 0 Å². The molecule has 2 rings (SSSR count). The Morgan fingerprint density at radius 2 is 2.21 bits per heavy atom. The quantitative estimate of drug-likeness (QED) is 0.522. The van der Waals surface area contributed by atoms with E-state index in [0.29, 0.717) is 18.7 Å². The van der Waals surface area contributed by atoms with Gasteiger partial charge in [0.25, 0.3) is 5.91 Å². The maximum Gasteiger partial charge on any atom is 0.306 e. The summed E-state index contributed by atoms with van der Waals surface area (Å²) in [4.78, 5) is 23.4. The number of esters is 1. The minimum Gasteiger partial charge on any atom is -0.469 e. The molecular weight excluding hydrogens is 262 g/mol. The molecule has 0 atom stereocenters. The second kappa shape index (κ2) is 7.63. The van der Waals surface area contributed by atoms with E-state index >= 15 is 0 Å². The second-order valence-electron chi connectivity index (χ2n) is 3.68. The van der Waals surface area contributed by atoms with Crippen LogP contribution in [0.15, 0.2) is 36.3 Å². The SMILES string of the molecule is C=C.COC(=O)CCSc1ccc2c(c1)CNC2=O. The van der Waals surface area contributed by atoms with Crippen molar-refractivity contribution >= 4 is 23.6 Å². The van der Waals surface area contributed by atoms with Crippen LogP contribution in [-0.4, -0.2) is 24.7 Å². The number of carbonyl (C=O) groups excluding carboxylic acids is 2. The third kappa shape index (κ3) is 4.13. The Kier molecular flexibility index (Phi) is 6.15. The standard InChI is InChI=1S/C12H13NO3S.C2H4/c1-16-11(14)4-5-17-9-2-3-10-8(6-9)7-13-12(10)15;1-2/h2-3,6H,4-5,7H2,1H3,(H,13,15);1-2H2. The number of methoxy groups -OCH3 is 1. The fourth-order valence-electron chi connectivity index (χ4n) is 1.65. The molecule has 5 heteroatoms. The number of carbonyl (C=O) groups is 2. The normalized spacial score (nSPS) is 11.9. The van der Waals surface area contributed by atoms with Gasteiger partial charge in [0.05, 0.1) is 13.5 Å². The lowest BCUT2D eigenvalue weighted by atomic mass is 10.1. The summed E-state index contributed by atoms with van der Waals surface area (Å²) in [5, 5.41) is 2.77. The molecular formula is C14H17NO3S. The van der Waals surface area contributed by atoms with Crippen LogP contribution in [0.3, 0.4) is 0 Å². The van der Waals surface area contributed by atoms with Crippen molar-refractivity contribution in [1.82, 2.24) is 5.32 Å². The first-order chi connectivity index (χ1) is 9.20. The molecule has 1 heterocycles. The van der Waals surface area contributed by atoms with Gasteiger partial charge in [-0.05, 0) is 23.8 Å². The molecule has 0 spiro atoms. The van der Waals surface area contributed by atoms with Gasteiger partial charge in [-0.25, -0.2) is 0 Å². The number of benzene rings is 1. The summed E-state index contributed by atoms with van der Waals surface area (Å²) in [7, 11) is 1.39. The van der Waals surface area contributed by atoms with Gasteiger partial charge in [0, 0.05) is 22.8 Å². The third-order valence-electron chi connectivity index (χ3n) is 2.56. The fourth-order valence-corrected chi connectivity index (χ4v) is 2.55. The van der Waals surface area contributed by atoms with Crippen molar-refractivity contribution in [2.75, 3.05) is 12.9 Å². The third-order valence-corrected chi connectivity index (χ3v) is 3.56. The monoisotopic (exact) mass is 279 g/mol. The zero-order valence-corrected chi connectivity index (χ0v) is 11.7. The van der Waals surface area contributed by atoms with Gasteiger partial charge < -0.3 is 10.1 Å². The van der Waals surface area contributed by atoms with Crippen molar-refractivity contribution in [2.45, 2.75) is 17.9 Å². The maximum atomic E-state index is 11.3. The van der Waals surface area contributed by atoms with Gasteiger partial charge in [-0.1, -0.05) is 0 Å². The molecule has 1 aromatic carbocycles. The van der Waals surface area contributed by atoms with Crippen LogP contribution in [0, 0.1) is 0 Å². The number of fused-ring (bicyclic) bond motifs is 1. The molecule has 1 aromatic rings. The Balaban J connectivity index is 0.000000861. The first-order valence-corrected chi connectivity index (χ1v) is 6.80. The minimum absolute atomic E-state index is 0.00823. The molecule has 1 amide bonds. The van der Waals surface area contributed by atoms with Crippen molar-refractivity contribution in [3.05, 3.63) is 42.5 Å². The Hall–Kier alpha value is -1.75. The maximum absolute atomic E-state index is 11.3. The van der Waals surface area contributed by atoms with E-state index < -0.39 is 0 Å². The summed E-state index contributed by atoms with van der Waals surface area (Å²) < 4.78 is 4.57. The summed E-state index contributed by atoms with van der Waals surface area (Å²) in [5.41, 5.74) is 1.78. The highest BCUT2D eigenvalue weighted by molar-refractivity contribution is 7.99. The summed E-state index contributed by atoms with van der Waals surface area (Å²) in [5.74, 6) is 0.480. The van der Waals surface area contributed by atoms with Crippen LogP contribution in [-0.2, 0) is 16.1 Å². The molecule has 102 valence electrons. The van der Waals surface area contributed by atoms with Gasteiger partial charge in [-0.3, -0.25) is 9.59 Å². The number of rotatable bonds is 4. The Morgan fingerprint density at radius 3 is 2.89 bits per heavy atom. The number of ether oxygens (including phenoxy) is 1. The van der Waals surface area contributed by atoms with Crippen molar-refractivity contribution in [3.8, 4) is 0 Å². The van der Waals surface area contributed by atoms with Crippen molar-refractivity contribution in [2.24, 2.45) is 0 Å². The van der Waals surface area contributed by atoms with Gasteiger partial charge in [0.15, 0.2) is 0 Å². The molecule has 0 aromatic heterocycles. The molecule has 1 aliphatic rings. The van der Waals surface area contributed by atoms with Crippen molar-refractivity contribution in [1.29, 1.82) is 0 Å². The van der Waals surface area contributed by atoms with E-state index in [9.17, 15) is 9.59 Å². The van der Waals surface area contributed by atoms with E-state index in [4.69, 9.17) is 0 Å². The highest BCUT2D eigenvalue weighted by Crippen LogP contribution is 2.24. The average Bonchev–Trinajstić information content (AvgIpc) is 2.82. The number of nitrogens with one attached hydrogen (secondary N) is 1. The van der Waals surface area contributed by atoms with Crippen LogP contribution in [0.1, 0.15) is 22.3 Å². The van der Waals surface area contributed by atoms with Gasteiger partial charge in [-0.15, -0.1) is 24.9 Å². The van der Waals surface area contributed by atoms with Gasteiger partial charge >= 0.3 is 5.97 Å². The lowest BCUT2D eigenvalue weighted by Gasteiger charge is -2.03. The zero-order valence-electron chi connectivity index (χ0n) is 10.9. The summed E-state index contributed by atoms with van der Waals surface area (Å²) in [6.45, 7) is 6.60. The van der Waals surface area contributed by atoms with Gasteiger partial charge in [-0.2, -0.15) is 0 Å². The summed E-state index contributed by atoms with van der Waals surface area (Å²) in [6, 6.07) is 5.74. The van der Waals surface area contributed by atoms with Crippen LogP contribution >= 0.6 is 11.8 Å². The Morgan fingerprint density at radius 1 is 1.47 bits per heavy atom. The molecule has 19 heavy (non-hydrogen) atoms. The van der Waals surface area contributed by atoms with Crippen molar-refractivity contribution < 1.29 is 14.3 Å². The van der Waals surface area contributed by atoms with E-state index in [1.807, 2.05) is 18.2 Å². The first-order valence-electron chi connectivity index (χ1n) is 5.81. The molecule has 0 unspecified atom stereocenters. The molecule has 0 saturated carbocycles. The van der Waals surface area contributed by atoms with E-state index in [0.717, 1.165) is 16.0 Å². The molecule has 0 aliphatic carbocycles. The van der Waals surface area contributed by atoms with Crippen LogP contribution in [0.4, 0.5) is 0 Å². The number of hydrogen-bond acceptors (Lipinski definition) is 4. The van der Waals surface area contributed by atoms with Gasteiger partial charge in [0.2, 0.25) is 0 Å². The predicted octanol–water partition coefficient (Wildman–Crippen LogP) is 2.39. The smallest absolute Gasteiger partial charge is 0.306 e. The topological polar surface area (TPSA) is 55.4 Å². The van der Waals surface area contributed by atoms with Crippen molar-refractivity contribution in [3.63, 3.8) is 0 Å². The second-order valence-corrected chi connectivity index (χ2v) is 4.84. The number of amides is 1. The van der Waals surface area contributed by atoms with Crippen LogP contribution in [0.5, 0.6) is 0 Å². The Bertz CT molecular complexity index is 474. The Labute approximate surface area is 117 Å². The van der Waals surface area contributed by atoms with Crippen LogP contribution in [0.25, 0.3) is 0 Å². The van der Waals surface area contributed by atoms with Crippen LogP contribution < -0.4 is 5.32 Å². The van der Waals surface area contributed by atoms with E-state index in [1.54, 1.807) is 11.8 Å². The predicted molar refractivity (Wildman–Crippen MR) is 76.2 cm³/mol. The fraction of sp³-hybridized carbons (Fsp3) is 0.286. The molecule has 0 saturated heterocycles. The minimum atomic E-state index is -0.199. The number of hydrogen-bond donors (Lipinski definition) is 1. The lowest BCUT2D eigenvalue weighted by molar-refractivity contribution is -0.140. The molecule has 1 N–H and O–H groups in total. The van der Waals surface area contributed by atoms with E-state index in [1.165, 1.54) is 7.11 Å². The highest BCUT2D eigenvalue weighted by atomic mass is 32.2. The molecule has 4 nitrogen and oxygen atoms in total. The van der Waals surface area contributed by atoms with E-state index in [-0.39, 0.29) is 11.9 Å². The largest absolute Gasteiger partial charge is 0.469 e. The molecule has 1 aliphatic heterocycles. The highest BCUT2D eigenvalue weighted by Gasteiger charge is 2.18. The van der Waals surface area contributed by atoms with E-state index in [2.05, 4.69) is 23.2 Å². The molecule has 0 fully saturated rings. The molecule has 0 bridgehead atoms. The molecule has 0 radical (unpaired) electrons. The zero-order chi connectivity index (χ0) is 14.3. The number of thioether (sulfide) groups is 1. The van der Waals surface area contributed by atoms with Gasteiger partial charge in [0.1, 0.15) is 0 Å².